The molecule has 2 nitrogen and oxygen atoms in total. The lowest BCUT2D eigenvalue weighted by Gasteiger charge is -2.34. The topological polar surface area (TPSA) is 6.48 Å². The molecule has 0 aromatic heterocycles. The van der Waals surface area contributed by atoms with Crippen LogP contribution in [-0.2, 0) is 12.8 Å². The van der Waals surface area contributed by atoms with E-state index in [1.54, 1.807) is 0 Å². The Morgan fingerprint density at radius 1 is 0.310 bits per heavy atom. The molecule has 9 rings (SSSR count). The van der Waals surface area contributed by atoms with Crippen molar-refractivity contribution < 1.29 is 0 Å². The van der Waals surface area contributed by atoms with Crippen LogP contribution in [0.4, 0.5) is 34.1 Å². The fourth-order valence-electron chi connectivity index (χ4n) is 6.99. The zero-order chi connectivity index (χ0) is 27.6. The molecule has 42 heavy (non-hydrogen) atoms. The molecule has 0 radical (unpaired) electrons. The maximum Gasteiger partial charge on any atom is 0.0497 e. The fraction of sp³-hybridized carbons (Fsp3) is 0.0500. The number of hydrogen-bond donors (Lipinski definition) is 0. The van der Waals surface area contributed by atoms with E-state index in [-0.39, 0.29) is 0 Å². The SMILES string of the molecule is c1ccc2c(c1)Cc1ccccc1N2c1ccc2cc3cc(N4c5ccccc5Cc5ccccc54)ccc3cc2c1. The first-order chi connectivity index (χ1) is 20.8. The third-order valence-corrected chi connectivity index (χ3v) is 8.97. The average molecular weight is 537 g/mol. The summed E-state index contributed by atoms with van der Waals surface area (Å²) in [6, 6.07) is 53.6. The molecule has 7 aromatic rings. The molecule has 0 spiro atoms. The maximum atomic E-state index is 2.42. The van der Waals surface area contributed by atoms with E-state index in [0.717, 1.165) is 12.8 Å². The minimum absolute atomic E-state index is 0.968. The summed E-state index contributed by atoms with van der Waals surface area (Å²) in [4.78, 5) is 4.85. The van der Waals surface area contributed by atoms with Gasteiger partial charge in [-0.2, -0.15) is 0 Å². The van der Waals surface area contributed by atoms with E-state index < -0.39 is 0 Å². The summed E-state index contributed by atoms with van der Waals surface area (Å²) in [5.41, 5.74) is 12.9. The van der Waals surface area contributed by atoms with Crippen LogP contribution in [0.3, 0.4) is 0 Å². The van der Waals surface area contributed by atoms with E-state index >= 15 is 0 Å². The van der Waals surface area contributed by atoms with Crippen LogP contribution >= 0.6 is 0 Å². The predicted octanol–water partition coefficient (Wildman–Crippen LogP) is 10.7. The van der Waals surface area contributed by atoms with Gasteiger partial charge in [0.05, 0.1) is 0 Å². The summed E-state index contributed by atoms with van der Waals surface area (Å²) >= 11 is 0. The van der Waals surface area contributed by atoms with Crippen LogP contribution in [0.5, 0.6) is 0 Å². The Bertz CT molecular complexity index is 1930. The van der Waals surface area contributed by atoms with Gasteiger partial charge in [-0.05, 0) is 104 Å². The van der Waals surface area contributed by atoms with Crippen LogP contribution in [0.2, 0.25) is 0 Å². The Kier molecular flexibility index (Phi) is 5.06. The van der Waals surface area contributed by atoms with Crippen molar-refractivity contribution in [2.24, 2.45) is 0 Å². The van der Waals surface area contributed by atoms with Gasteiger partial charge in [-0.1, -0.05) is 84.9 Å². The molecule has 0 atom stereocenters. The zero-order valence-corrected chi connectivity index (χ0v) is 23.2. The van der Waals surface area contributed by atoms with Gasteiger partial charge in [-0.25, -0.2) is 0 Å². The molecule has 7 aromatic carbocycles. The lowest BCUT2D eigenvalue weighted by atomic mass is 9.94. The Hall–Kier alpha value is -5.34. The van der Waals surface area contributed by atoms with Gasteiger partial charge in [0.1, 0.15) is 0 Å². The molecule has 2 aliphatic heterocycles. The molecule has 0 saturated heterocycles. The second-order valence-corrected chi connectivity index (χ2v) is 11.5. The van der Waals surface area contributed by atoms with Crippen molar-refractivity contribution in [3.63, 3.8) is 0 Å². The van der Waals surface area contributed by atoms with Gasteiger partial charge < -0.3 is 9.80 Å². The van der Waals surface area contributed by atoms with E-state index in [1.165, 1.54) is 77.9 Å². The molecule has 0 unspecified atom stereocenters. The van der Waals surface area contributed by atoms with Gasteiger partial charge in [-0.3, -0.25) is 0 Å². The second kappa shape index (κ2) is 9.09. The van der Waals surface area contributed by atoms with E-state index in [1.807, 2.05) is 0 Å². The summed E-state index contributed by atoms with van der Waals surface area (Å²) in [5.74, 6) is 0. The maximum absolute atomic E-state index is 2.42. The van der Waals surface area contributed by atoms with Gasteiger partial charge in [0, 0.05) is 47.0 Å². The van der Waals surface area contributed by atoms with Crippen molar-refractivity contribution in [2.45, 2.75) is 12.8 Å². The first-order valence-electron chi connectivity index (χ1n) is 14.7. The van der Waals surface area contributed by atoms with E-state index in [2.05, 4.69) is 155 Å². The summed E-state index contributed by atoms with van der Waals surface area (Å²) in [5, 5.41) is 5.01. The monoisotopic (exact) mass is 536 g/mol. The van der Waals surface area contributed by atoms with Crippen molar-refractivity contribution in [2.75, 3.05) is 9.80 Å². The zero-order valence-electron chi connectivity index (χ0n) is 23.2. The van der Waals surface area contributed by atoms with E-state index in [0.29, 0.717) is 0 Å². The number of fused-ring (bicyclic) bond motifs is 6. The van der Waals surface area contributed by atoms with Crippen molar-refractivity contribution in [3.05, 3.63) is 168 Å². The van der Waals surface area contributed by atoms with Gasteiger partial charge in [-0.15, -0.1) is 0 Å². The molecule has 0 aliphatic carbocycles. The van der Waals surface area contributed by atoms with Crippen molar-refractivity contribution in [1.82, 2.24) is 0 Å². The molecule has 0 fully saturated rings. The molecular weight excluding hydrogens is 508 g/mol. The third-order valence-electron chi connectivity index (χ3n) is 8.97. The minimum Gasteiger partial charge on any atom is -0.310 e. The molecule has 198 valence electrons. The van der Waals surface area contributed by atoms with Gasteiger partial charge >= 0.3 is 0 Å². The highest BCUT2D eigenvalue weighted by Crippen LogP contribution is 2.46. The molecule has 0 N–H and O–H groups in total. The van der Waals surface area contributed by atoms with Gasteiger partial charge in [0.2, 0.25) is 0 Å². The second-order valence-electron chi connectivity index (χ2n) is 11.5. The van der Waals surface area contributed by atoms with Crippen LogP contribution in [0.25, 0.3) is 21.5 Å². The van der Waals surface area contributed by atoms with Crippen LogP contribution in [0, 0.1) is 0 Å². The minimum atomic E-state index is 0.968. The Balaban J connectivity index is 1.17. The largest absolute Gasteiger partial charge is 0.310 e. The molecular formula is C40H28N2. The molecule has 0 bridgehead atoms. The average Bonchev–Trinajstić information content (AvgIpc) is 3.04. The van der Waals surface area contributed by atoms with Gasteiger partial charge in [0.15, 0.2) is 0 Å². The Labute approximate surface area is 245 Å². The molecule has 0 amide bonds. The summed E-state index contributed by atoms with van der Waals surface area (Å²) in [6.45, 7) is 0. The number of hydrogen-bond acceptors (Lipinski definition) is 2. The van der Waals surface area contributed by atoms with Gasteiger partial charge in [0.25, 0.3) is 0 Å². The highest BCUT2D eigenvalue weighted by Gasteiger charge is 2.25. The normalized spacial score (nSPS) is 13.4. The van der Waals surface area contributed by atoms with Crippen LogP contribution < -0.4 is 9.80 Å². The van der Waals surface area contributed by atoms with Crippen LogP contribution in [0.1, 0.15) is 22.3 Å². The van der Waals surface area contributed by atoms with Crippen LogP contribution in [-0.4, -0.2) is 0 Å². The highest BCUT2D eigenvalue weighted by atomic mass is 15.2. The molecule has 2 aliphatic rings. The Morgan fingerprint density at radius 3 is 1.00 bits per heavy atom. The van der Waals surface area contributed by atoms with E-state index in [9.17, 15) is 0 Å². The van der Waals surface area contributed by atoms with Crippen molar-refractivity contribution in [3.8, 4) is 0 Å². The van der Waals surface area contributed by atoms with Crippen molar-refractivity contribution in [1.29, 1.82) is 0 Å². The smallest absolute Gasteiger partial charge is 0.0497 e. The predicted molar refractivity (Wildman–Crippen MR) is 176 cm³/mol. The lowest BCUT2D eigenvalue weighted by Crippen LogP contribution is -2.18. The number of benzene rings is 7. The fourth-order valence-corrected chi connectivity index (χ4v) is 6.99. The summed E-state index contributed by atoms with van der Waals surface area (Å²) in [7, 11) is 0. The number of nitrogens with zero attached hydrogens (tertiary/aromatic N) is 2. The quantitative estimate of drug-likeness (QED) is 0.203. The van der Waals surface area contributed by atoms with Crippen LogP contribution in [0.15, 0.2) is 146 Å². The first kappa shape index (κ1) is 23.4. The first-order valence-corrected chi connectivity index (χ1v) is 14.7. The number of para-hydroxylation sites is 4. The van der Waals surface area contributed by atoms with E-state index in [4.69, 9.17) is 0 Å². The number of anilines is 6. The summed E-state index contributed by atoms with van der Waals surface area (Å²) in [6.07, 6.45) is 1.94. The molecule has 2 heterocycles. The standard InChI is InChI=1S/C40H28N2/c1-5-13-37-29(9-1)23-30-10-2-6-14-38(30)41(37)35-19-17-27-22-34-26-36(20-18-28(34)21-33(27)25-35)42-39-15-7-3-11-31(39)24-32-12-4-8-16-40(32)42/h1-22,25-26H,23-24H2. The van der Waals surface area contributed by atoms with Crippen molar-refractivity contribution >= 4 is 55.7 Å². The lowest BCUT2D eigenvalue weighted by molar-refractivity contribution is 1.09. The Morgan fingerprint density at radius 2 is 0.643 bits per heavy atom. The third kappa shape index (κ3) is 3.59. The molecule has 2 heteroatoms. The molecule has 0 saturated carbocycles. The number of rotatable bonds is 2. The highest BCUT2D eigenvalue weighted by molar-refractivity contribution is 6.02. The summed E-state index contributed by atoms with van der Waals surface area (Å²) < 4.78 is 0.